The number of likely N-dealkylation sites (N-methyl/N-ethyl adjacent to an activating group) is 1. The lowest BCUT2D eigenvalue weighted by Gasteiger charge is -2.31. The normalized spacial score (nSPS) is 17.1. The van der Waals surface area contributed by atoms with E-state index in [-0.39, 0.29) is 5.91 Å². The molecule has 0 bridgehead atoms. The van der Waals surface area contributed by atoms with Gasteiger partial charge in [0, 0.05) is 31.6 Å². The van der Waals surface area contributed by atoms with Crippen LogP contribution in [0, 0.1) is 6.92 Å². The summed E-state index contributed by atoms with van der Waals surface area (Å²) in [5, 5.41) is 0.989. The zero-order valence-corrected chi connectivity index (χ0v) is 11.3. The van der Waals surface area contributed by atoms with Crippen molar-refractivity contribution >= 4 is 16.9 Å². The Balaban J connectivity index is 1.85. The molecule has 1 saturated heterocycles. The van der Waals surface area contributed by atoms with E-state index in [1.54, 1.807) is 0 Å². The maximum absolute atomic E-state index is 12.4. The van der Waals surface area contributed by atoms with Crippen molar-refractivity contribution in [3.63, 3.8) is 0 Å². The average molecular weight is 258 g/mol. The van der Waals surface area contributed by atoms with Crippen LogP contribution in [0.5, 0.6) is 0 Å². The van der Waals surface area contributed by atoms with Crippen LogP contribution in [-0.2, 0) is 0 Å². The molecule has 1 amide bonds. The molecule has 0 unspecified atom stereocenters. The van der Waals surface area contributed by atoms with Crippen molar-refractivity contribution in [1.29, 1.82) is 0 Å². The number of carbonyl (C=O) groups excluding carboxylic acids is 1. The summed E-state index contributed by atoms with van der Waals surface area (Å²) in [5.41, 5.74) is 1.93. The van der Waals surface area contributed by atoms with E-state index < -0.39 is 0 Å². The van der Waals surface area contributed by atoms with E-state index in [0.717, 1.165) is 42.7 Å². The van der Waals surface area contributed by atoms with Gasteiger partial charge in [-0.25, -0.2) is 0 Å². The summed E-state index contributed by atoms with van der Waals surface area (Å²) in [7, 11) is 2.08. The van der Waals surface area contributed by atoms with Gasteiger partial charge in [0.15, 0.2) is 5.76 Å². The SMILES string of the molecule is Cc1ccc2cc(C(=O)N3CCN(C)CC3)oc2c1. The quantitative estimate of drug-likeness (QED) is 0.786. The number of hydrogen-bond donors (Lipinski definition) is 0. The zero-order chi connectivity index (χ0) is 13.4. The average Bonchev–Trinajstić information content (AvgIpc) is 2.81. The van der Waals surface area contributed by atoms with Gasteiger partial charge in [-0.2, -0.15) is 0 Å². The summed E-state index contributed by atoms with van der Waals surface area (Å²) in [6, 6.07) is 7.84. The largest absolute Gasteiger partial charge is 0.451 e. The van der Waals surface area contributed by atoms with E-state index in [0.29, 0.717) is 5.76 Å². The number of carbonyl (C=O) groups is 1. The van der Waals surface area contributed by atoms with Gasteiger partial charge in [-0.15, -0.1) is 0 Å². The third kappa shape index (κ3) is 2.36. The second-order valence-corrected chi connectivity index (χ2v) is 5.25. The van der Waals surface area contributed by atoms with Crippen LogP contribution in [0.25, 0.3) is 11.0 Å². The van der Waals surface area contributed by atoms with Crippen molar-refractivity contribution in [3.8, 4) is 0 Å². The number of benzene rings is 1. The van der Waals surface area contributed by atoms with Crippen molar-refractivity contribution in [2.24, 2.45) is 0 Å². The number of aryl methyl sites for hydroxylation is 1. The number of rotatable bonds is 1. The fourth-order valence-electron chi connectivity index (χ4n) is 2.41. The van der Waals surface area contributed by atoms with Crippen molar-refractivity contribution in [1.82, 2.24) is 9.80 Å². The van der Waals surface area contributed by atoms with E-state index in [4.69, 9.17) is 4.42 Å². The molecule has 1 aliphatic rings. The second-order valence-electron chi connectivity index (χ2n) is 5.25. The molecule has 2 heterocycles. The molecule has 4 nitrogen and oxygen atoms in total. The summed E-state index contributed by atoms with van der Waals surface area (Å²) in [4.78, 5) is 16.5. The van der Waals surface area contributed by atoms with Gasteiger partial charge < -0.3 is 14.2 Å². The molecule has 0 atom stereocenters. The molecule has 2 aromatic rings. The Labute approximate surface area is 112 Å². The lowest BCUT2D eigenvalue weighted by Crippen LogP contribution is -2.47. The van der Waals surface area contributed by atoms with Crippen LogP contribution in [0.1, 0.15) is 16.1 Å². The van der Waals surface area contributed by atoms with Crippen molar-refractivity contribution in [2.45, 2.75) is 6.92 Å². The summed E-state index contributed by atoms with van der Waals surface area (Å²) in [5.74, 6) is 0.451. The molecular formula is C15H18N2O2. The molecule has 19 heavy (non-hydrogen) atoms. The Bertz CT molecular complexity index is 610. The van der Waals surface area contributed by atoms with E-state index in [2.05, 4.69) is 11.9 Å². The topological polar surface area (TPSA) is 36.7 Å². The van der Waals surface area contributed by atoms with Crippen molar-refractivity contribution < 1.29 is 9.21 Å². The smallest absolute Gasteiger partial charge is 0.289 e. The second kappa shape index (κ2) is 4.70. The molecule has 0 radical (unpaired) electrons. The summed E-state index contributed by atoms with van der Waals surface area (Å²) >= 11 is 0. The third-order valence-electron chi connectivity index (χ3n) is 3.68. The van der Waals surface area contributed by atoms with Gasteiger partial charge in [0.2, 0.25) is 0 Å². The molecule has 4 heteroatoms. The van der Waals surface area contributed by atoms with Crippen LogP contribution >= 0.6 is 0 Å². The van der Waals surface area contributed by atoms with E-state index in [9.17, 15) is 4.79 Å². The maximum atomic E-state index is 12.4. The van der Waals surface area contributed by atoms with Crippen LogP contribution < -0.4 is 0 Å². The predicted molar refractivity (Wildman–Crippen MR) is 74.4 cm³/mol. The Kier molecular flexibility index (Phi) is 3.03. The van der Waals surface area contributed by atoms with Crippen molar-refractivity contribution in [2.75, 3.05) is 33.2 Å². The van der Waals surface area contributed by atoms with Crippen LogP contribution in [-0.4, -0.2) is 48.9 Å². The predicted octanol–water partition coefficient (Wildman–Crippen LogP) is 2.13. The Morgan fingerprint density at radius 2 is 1.89 bits per heavy atom. The highest BCUT2D eigenvalue weighted by atomic mass is 16.3. The molecular weight excluding hydrogens is 240 g/mol. The minimum atomic E-state index is 0.00181. The molecule has 100 valence electrons. The minimum absolute atomic E-state index is 0.00181. The number of amides is 1. The molecule has 0 aliphatic carbocycles. The van der Waals surface area contributed by atoms with E-state index in [1.807, 2.05) is 36.1 Å². The standard InChI is InChI=1S/C15H18N2O2/c1-11-3-4-12-10-14(19-13(12)9-11)15(18)17-7-5-16(2)6-8-17/h3-4,9-10H,5-8H2,1-2H3. The van der Waals surface area contributed by atoms with E-state index in [1.165, 1.54) is 0 Å². The number of hydrogen-bond acceptors (Lipinski definition) is 3. The molecule has 3 rings (SSSR count). The third-order valence-corrected chi connectivity index (χ3v) is 3.68. The fourth-order valence-corrected chi connectivity index (χ4v) is 2.41. The zero-order valence-electron chi connectivity index (χ0n) is 11.3. The van der Waals surface area contributed by atoms with Gasteiger partial charge in [-0.05, 0) is 31.7 Å². The van der Waals surface area contributed by atoms with Crippen LogP contribution in [0.2, 0.25) is 0 Å². The van der Waals surface area contributed by atoms with Gasteiger partial charge in [0.25, 0.3) is 5.91 Å². The molecule has 1 aromatic carbocycles. The first-order valence-electron chi connectivity index (χ1n) is 6.61. The maximum Gasteiger partial charge on any atom is 0.289 e. The van der Waals surface area contributed by atoms with E-state index >= 15 is 0 Å². The first-order chi connectivity index (χ1) is 9.13. The summed E-state index contributed by atoms with van der Waals surface area (Å²) in [6.45, 7) is 5.40. The van der Waals surface area contributed by atoms with Crippen LogP contribution in [0.4, 0.5) is 0 Å². The van der Waals surface area contributed by atoms with Crippen LogP contribution in [0.3, 0.4) is 0 Å². The number of nitrogens with zero attached hydrogens (tertiary/aromatic N) is 2. The first-order valence-corrected chi connectivity index (χ1v) is 6.61. The van der Waals surface area contributed by atoms with Crippen LogP contribution in [0.15, 0.2) is 28.7 Å². The van der Waals surface area contributed by atoms with Gasteiger partial charge in [0.05, 0.1) is 0 Å². The van der Waals surface area contributed by atoms with Crippen molar-refractivity contribution in [3.05, 3.63) is 35.6 Å². The first kappa shape index (κ1) is 12.2. The number of fused-ring (bicyclic) bond motifs is 1. The Morgan fingerprint density at radius 3 is 2.63 bits per heavy atom. The summed E-state index contributed by atoms with van der Waals surface area (Å²) < 4.78 is 5.69. The summed E-state index contributed by atoms with van der Waals surface area (Å²) in [6.07, 6.45) is 0. The molecule has 0 spiro atoms. The monoisotopic (exact) mass is 258 g/mol. The molecule has 1 fully saturated rings. The molecule has 1 aliphatic heterocycles. The van der Waals surface area contributed by atoms with Gasteiger partial charge in [0.1, 0.15) is 5.58 Å². The Morgan fingerprint density at radius 1 is 1.16 bits per heavy atom. The highest BCUT2D eigenvalue weighted by molar-refractivity contribution is 5.96. The van der Waals surface area contributed by atoms with Gasteiger partial charge in [-0.3, -0.25) is 4.79 Å². The lowest BCUT2D eigenvalue weighted by atomic mass is 10.2. The number of piperazine rings is 1. The highest BCUT2D eigenvalue weighted by Gasteiger charge is 2.23. The molecule has 0 saturated carbocycles. The highest BCUT2D eigenvalue weighted by Crippen LogP contribution is 2.22. The lowest BCUT2D eigenvalue weighted by molar-refractivity contribution is 0.0635. The fraction of sp³-hybridized carbons (Fsp3) is 0.400. The van der Waals surface area contributed by atoms with Gasteiger partial charge >= 0.3 is 0 Å². The number of furan rings is 1. The minimum Gasteiger partial charge on any atom is -0.451 e. The molecule has 0 N–H and O–H groups in total. The Hall–Kier alpha value is -1.81. The molecule has 1 aromatic heterocycles. The van der Waals surface area contributed by atoms with Gasteiger partial charge in [-0.1, -0.05) is 12.1 Å².